The van der Waals surface area contributed by atoms with Gasteiger partial charge in [-0.15, -0.1) is 0 Å². The van der Waals surface area contributed by atoms with Gasteiger partial charge in [-0.25, -0.2) is 9.78 Å². The SMILES string of the molecule is CCCNc1ncccc1CN1CCOC1=O. The van der Waals surface area contributed by atoms with Crippen LogP contribution in [0, 0.1) is 0 Å². The van der Waals surface area contributed by atoms with E-state index in [0.717, 1.165) is 24.3 Å². The van der Waals surface area contributed by atoms with E-state index < -0.39 is 0 Å². The highest BCUT2D eigenvalue weighted by Gasteiger charge is 2.22. The minimum atomic E-state index is -0.240. The molecule has 0 bridgehead atoms. The van der Waals surface area contributed by atoms with Crippen molar-refractivity contribution in [3.05, 3.63) is 23.9 Å². The number of ether oxygens (including phenoxy) is 1. The molecule has 0 spiro atoms. The number of nitrogens with zero attached hydrogens (tertiary/aromatic N) is 2. The molecule has 0 unspecified atom stereocenters. The van der Waals surface area contributed by atoms with Gasteiger partial charge in [-0.3, -0.25) is 0 Å². The van der Waals surface area contributed by atoms with E-state index in [9.17, 15) is 4.79 Å². The molecule has 1 aliphatic rings. The fraction of sp³-hybridized carbons (Fsp3) is 0.500. The Kier molecular flexibility index (Phi) is 3.80. The van der Waals surface area contributed by atoms with Crippen molar-refractivity contribution in [1.29, 1.82) is 0 Å². The van der Waals surface area contributed by atoms with Gasteiger partial charge in [-0.1, -0.05) is 13.0 Å². The lowest BCUT2D eigenvalue weighted by molar-refractivity contribution is 0.157. The normalized spacial score (nSPS) is 14.9. The zero-order valence-corrected chi connectivity index (χ0v) is 9.98. The maximum Gasteiger partial charge on any atom is 0.410 e. The average molecular weight is 235 g/mol. The van der Waals surface area contributed by atoms with Crippen LogP contribution in [0.5, 0.6) is 0 Å². The van der Waals surface area contributed by atoms with Gasteiger partial charge in [0.15, 0.2) is 0 Å². The van der Waals surface area contributed by atoms with Gasteiger partial charge in [0.2, 0.25) is 0 Å². The highest BCUT2D eigenvalue weighted by molar-refractivity contribution is 5.69. The number of cyclic esters (lactones) is 1. The van der Waals surface area contributed by atoms with Gasteiger partial charge in [0, 0.05) is 18.3 Å². The molecular formula is C12H17N3O2. The summed E-state index contributed by atoms with van der Waals surface area (Å²) in [4.78, 5) is 17.3. The van der Waals surface area contributed by atoms with Crippen LogP contribution in [0.25, 0.3) is 0 Å². The molecule has 2 rings (SSSR count). The van der Waals surface area contributed by atoms with Crippen LogP contribution in [0.2, 0.25) is 0 Å². The van der Waals surface area contributed by atoms with Gasteiger partial charge in [-0.05, 0) is 12.5 Å². The largest absolute Gasteiger partial charge is 0.448 e. The van der Waals surface area contributed by atoms with Gasteiger partial charge in [-0.2, -0.15) is 0 Å². The molecule has 92 valence electrons. The lowest BCUT2D eigenvalue weighted by atomic mass is 10.2. The average Bonchev–Trinajstić information content (AvgIpc) is 2.74. The second-order valence-corrected chi connectivity index (χ2v) is 3.97. The predicted molar refractivity (Wildman–Crippen MR) is 64.8 cm³/mol. The van der Waals surface area contributed by atoms with E-state index in [-0.39, 0.29) is 6.09 Å². The Morgan fingerprint density at radius 3 is 3.18 bits per heavy atom. The first-order valence-corrected chi connectivity index (χ1v) is 5.90. The number of hydrogen-bond acceptors (Lipinski definition) is 4. The first-order chi connectivity index (χ1) is 8.31. The first-order valence-electron chi connectivity index (χ1n) is 5.90. The van der Waals surface area contributed by atoms with E-state index in [1.807, 2.05) is 12.1 Å². The van der Waals surface area contributed by atoms with Crippen LogP contribution < -0.4 is 5.32 Å². The topological polar surface area (TPSA) is 54.5 Å². The standard InChI is InChI=1S/C12H17N3O2/c1-2-5-13-11-10(4-3-6-14-11)9-15-7-8-17-12(15)16/h3-4,6H,2,5,7-9H2,1H3,(H,13,14). The van der Waals surface area contributed by atoms with E-state index >= 15 is 0 Å². The molecule has 0 aromatic carbocycles. The third kappa shape index (κ3) is 2.87. The quantitative estimate of drug-likeness (QED) is 0.846. The molecule has 5 nitrogen and oxygen atoms in total. The summed E-state index contributed by atoms with van der Waals surface area (Å²) in [7, 11) is 0. The number of carbonyl (C=O) groups excluding carboxylic acids is 1. The molecule has 1 aromatic rings. The third-order valence-electron chi connectivity index (χ3n) is 2.64. The number of amides is 1. The first kappa shape index (κ1) is 11.7. The van der Waals surface area contributed by atoms with Gasteiger partial charge < -0.3 is 15.0 Å². The van der Waals surface area contributed by atoms with Crippen LogP contribution in [0.3, 0.4) is 0 Å². The van der Waals surface area contributed by atoms with Crippen molar-refractivity contribution in [1.82, 2.24) is 9.88 Å². The number of anilines is 1. The van der Waals surface area contributed by atoms with Gasteiger partial charge >= 0.3 is 6.09 Å². The van der Waals surface area contributed by atoms with Gasteiger partial charge in [0.25, 0.3) is 0 Å². The Morgan fingerprint density at radius 1 is 1.59 bits per heavy atom. The van der Waals surface area contributed by atoms with Crippen molar-refractivity contribution in [2.24, 2.45) is 0 Å². The molecule has 0 atom stereocenters. The summed E-state index contributed by atoms with van der Waals surface area (Å²) < 4.78 is 4.90. The molecule has 1 aliphatic heterocycles. The highest BCUT2D eigenvalue weighted by Crippen LogP contribution is 2.16. The zero-order chi connectivity index (χ0) is 12.1. The molecule has 5 heteroatoms. The molecule has 1 aromatic heterocycles. The van der Waals surface area contributed by atoms with Crippen LogP contribution in [0.1, 0.15) is 18.9 Å². The number of rotatable bonds is 5. The molecule has 1 amide bonds. The van der Waals surface area contributed by atoms with E-state index in [2.05, 4.69) is 17.2 Å². The summed E-state index contributed by atoms with van der Waals surface area (Å²) in [5.41, 5.74) is 1.03. The summed E-state index contributed by atoms with van der Waals surface area (Å²) in [5.74, 6) is 0.856. The van der Waals surface area contributed by atoms with E-state index in [1.54, 1.807) is 11.1 Å². The fourth-order valence-corrected chi connectivity index (χ4v) is 1.74. The second kappa shape index (κ2) is 5.52. The Balaban J connectivity index is 2.06. The Labute approximate surface area is 101 Å². The molecule has 0 aliphatic carbocycles. The van der Waals surface area contributed by atoms with Crippen molar-refractivity contribution < 1.29 is 9.53 Å². The molecule has 2 heterocycles. The van der Waals surface area contributed by atoms with Crippen LogP contribution in [0.4, 0.5) is 10.6 Å². The second-order valence-electron chi connectivity index (χ2n) is 3.97. The van der Waals surface area contributed by atoms with Crippen molar-refractivity contribution in [2.75, 3.05) is 25.0 Å². The van der Waals surface area contributed by atoms with Crippen molar-refractivity contribution in [3.8, 4) is 0 Å². The predicted octanol–water partition coefficient (Wildman–Crippen LogP) is 1.86. The summed E-state index contributed by atoms with van der Waals surface area (Å²) in [6.45, 7) is 4.68. The molecule has 1 saturated heterocycles. The molecule has 17 heavy (non-hydrogen) atoms. The maximum atomic E-state index is 11.4. The van der Waals surface area contributed by atoms with Gasteiger partial charge in [0.1, 0.15) is 12.4 Å². The Hall–Kier alpha value is -1.78. The van der Waals surface area contributed by atoms with Gasteiger partial charge in [0.05, 0.1) is 13.1 Å². The van der Waals surface area contributed by atoms with Crippen molar-refractivity contribution >= 4 is 11.9 Å². The van der Waals surface area contributed by atoms with Crippen LogP contribution >= 0.6 is 0 Å². The number of nitrogens with one attached hydrogen (secondary N) is 1. The summed E-state index contributed by atoms with van der Waals surface area (Å²) >= 11 is 0. The number of carbonyl (C=O) groups is 1. The molecule has 1 fully saturated rings. The van der Waals surface area contributed by atoms with E-state index in [0.29, 0.717) is 19.7 Å². The van der Waals surface area contributed by atoms with Crippen molar-refractivity contribution in [3.63, 3.8) is 0 Å². The number of pyridine rings is 1. The smallest absolute Gasteiger partial charge is 0.410 e. The lowest BCUT2D eigenvalue weighted by Crippen LogP contribution is -2.24. The summed E-state index contributed by atoms with van der Waals surface area (Å²) in [6, 6.07) is 3.87. The summed E-state index contributed by atoms with van der Waals surface area (Å²) in [5, 5.41) is 3.26. The van der Waals surface area contributed by atoms with E-state index in [1.165, 1.54) is 0 Å². The van der Waals surface area contributed by atoms with E-state index in [4.69, 9.17) is 4.74 Å². The minimum Gasteiger partial charge on any atom is -0.448 e. The summed E-state index contributed by atoms with van der Waals surface area (Å²) in [6.07, 6.45) is 2.56. The van der Waals surface area contributed by atoms with Crippen molar-refractivity contribution in [2.45, 2.75) is 19.9 Å². The minimum absolute atomic E-state index is 0.240. The maximum absolute atomic E-state index is 11.4. The van der Waals surface area contributed by atoms with Crippen LogP contribution in [0.15, 0.2) is 18.3 Å². The van der Waals surface area contributed by atoms with Crippen LogP contribution in [-0.4, -0.2) is 35.7 Å². The Bertz CT molecular complexity index is 395. The molecule has 1 N–H and O–H groups in total. The fourth-order valence-electron chi connectivity index (χ4n) is 1.74. The third-order valence-corrected chi connectivity index (χ3v) is 2.64. The zero-order valence-electron chi connectivity index (χ0n) is 9.98. The molecule has 0 saturated carbocycles. The Morgan fingerprint density at radius 2 is 2.47 bits per heavy atom. The lowest BCUT2D eigenvalue weighted by Gasteiger charge is -2.15. The number of hydrogen-bond donors (Lipinski definition) is 1. The molecule has 0 radical (unpaired) electrons. The number of aromatic nitrogens is 1. The van der Waals surface area contributed by atoms with Crippen LogP contribution in [-0.2, 0) is 11.3 Å². The highest BCUT2D eigenvalue weighted by atomic mass is 16.6. The molecular weight excluding hydrogens is 218 g/mol. The monoisotopic (exact) mass is 235 g/mol.